The number of carbonyl (C=O) groups excluding carboxylic acids is 2. The Hall–Kier alpha value is -0.860. The summed E-state index contributed by atoms with van der Waals surface area (Å²) in [5.74, 6) is 2.03. The highest BCUT2D eigenvalue weighted by Gasteiger charge is 2.46. The summed E-state index contributed by atoms with van der Waals surface area (Å²) < 4.78 is 0. The lowest BCUT2D eigenvalue weighted by molar-refractivity contribution is -0.125. The number of amides is 1. The topological polar surface area (TPSA) is 46.2 Å². The van der Waals surface area contributed by atoms with Crippen molar-refractivity contribution in [2.24, 2.45) is 22.7 Å². The third-order valence-electron chi connectivity index (χ3n) is 7.26. The van der Waals surface area contributed by atoms with Gasteiger partial charge in [0.1, 0.15) is 5.78 Å². The molecule has 124 valence electrons. The maximum Gasteiger partial charge on any atom is 0.220 e. The second-order valence-electron chi connectivity index (χ2n) is 8.51. The third-order valence-corrected chi connectivity index (χ3v) is 7.26. The van der Waals surface area contributed by atoms with Crippen LogP contribution in [0.15, 0.2) is 0 Å². The molecule has 2 aliphatic carbocycles. The van der Waals surface area contributed by atoms with Crippen molar-refractivity contribution in [1.29, 1.82) is 0 Å². The Morgan fingerprint density at radius 1 is 1.09 bits per heavy atom. The van der Waals surface area contributed by atoms with Crippen LogP contribution in [-0.2, 0) is 9.59 Å². The fourth-order valence-corrected chi connectivity index (χ4v) is 5.37. The van der Waals surface area contributed by atoms with Gasteiger partial charge in [-0.05, 0) is 62.2 Å². The molecule has 0 aromatic carbocycles. The normalized spacial score (nSPS) is 42.6. The Balaban J connectivity index is 1.69. The highest BCUT2D eigenvalue weighted by Crippen LogP contribution is 2.52. The van der Waals surface area contributed by atoms with Crippen LogP contribution < -0.4 is 5.32 Å². The Bertz CT molecular complexity index is 460. The number of carbonyl (C=O) groups is 2. The van der Waals surface area contributed by atoms with E-state index in [4.69, 9.17) is 0 Å². The predicted octanol–water partition coefficient (Wildman–Crippen LogP) is 3.86. The number of ketones is 1. The van der Waals surface area contributed by atoms with Gasteiger partial charge in [-0.25, -0.2) is 0 Å². The molecule has 0 aromatic rings. The number of rotatable bonds is 3. The van der Waals surface area contributed by atoms with Gasteiger partial charge >= 0.3 is 0 Å². The first kappa shape index (κ1) is 16.0. The van der Waals surface area contributed by atoms with Crippen LogP contribution >= 0.6 is 0 Å². The van der Waals surface area contributed by atoms with Crippen LogP contribution in [-0.4, -0.2) is 18.2 Å². The summed E-state index contributed by atoms with van der Waals surface area (Å²) in [7, 11) is 0. The minimum absolute atomic E-state index is 0.0535. The summed E-state index contributed by atoms with van der Waals surface area (Å²) in [5, 5.41) is 3.11. The number of fused-ring (bicyclic) bond motifs is 1. The zero-order chi connectivity index (χ0) is 15.8. The fourth-order valence-electron chi connectivity index (χ4n) is 5.37. The Labute approximate surface area is 134 Å². The molecule has 2 saturated carbocycles. The van der Waals surface area contributed by atoms with Gasteiger partial charge in [0, 0.05) is 24.8 Å². The first-order chi connectivity index (χ1) is 10.4. The SMILES string of the molecule is CC1(CCC2CCCC3CNC(=O)CCC23C)CCCC1=O. The van der Waals surface area contributed by atoms with E-state index in [0.29, 0.717) is 24.0 Å². The quantitative estimate of drug-likeness (QED) is 0.860. The van der Waals surface area contributed by atoms with Gasteiger partial charge in [0.05, 0.1) is 0 Å². The molecule has 1 N–H and O–H groups in total. The third kappa shape index (κ3) is 2.83. The summed E-state index contributed by atoms with van der Waals surface area (Å²) in [6, 6.07) is 0. The van der Waals surface area contributed by atoms with Gasteiger partial charge in [0.2, 0.25) is 5.91 Å². The molecule has 3 rings (SSSR count). The van der Waals surface area contributed by atoms with Crippen molar-refractivity contribution in [2.45, 2.75) is 78.1 Å². The van der Waals surface area contributed by atoms with E-state index in [2.05, 4.69) is 19.2 Å². The zero-order valence-corrected chi connectivity index (χ0v) is 14.2. The van der Waals surface area contributed by atoms with Crippen molar-refractivity contribution in [2.75, 3.05) is 6.54 Å². The summed E-state index contributed by atoms with van der Waals surface area (Å²) in [5.41, 5.74) is 0.234. The fraction of sp³-hybridized carbons (Fsp3) is 0.895. The monoisotopic (exact) mass is 305 g/mol. The van der Waals surface area contributed by atoms with Crippen LogP contribution in [0.25, 0.3) is 0 Å². The highest BCUT2D eigenvalue weighted by molar-refractivity contribution is 5.86. The van der Waals surface area contributed by atoms with Crippen LogP contribution in [0.3, 0.4) is 0 Å². The van der Waals surface area contributed by atoms with Crippen LogP contribution in [0, 0.1) is 22.7 Å². The highest BCUT2D eigenvalue weighted by atomic mass is 16.1. The molecule has 3 fully saturated rings. The van der Waals surface area contributed by atoms with E-state index in [1.165, 1.54) is 25.7 Å². The largest absolute Gasteiger partial charge is 0.356 e. The molecule has 4 unspecified atom stereocenters. The summed E-state index contributed by atoms with van der Waals surface area (Å²) in [6.45, 7) is 5.46. The summed E-state index contributed by atoms with van der Waals surface area (Å²) >= 11 is 0. The second-order valence-corrected chi connectivity index (χ2v) is 8.51. The van der Waals surface area contributed by atoms with Gasteiger partial charge in [-0.3, -0.25) is 9.59 Å². The molecule has 0 aromatic heterocycles. The molecular weight excluding hydrogens is 274 g/mol. The van der Waals surface area contributed by atoms with E-state index in [1.807, 2.05) is 0 Å². The average Bonchev–Trinajstić information content (AvgIpc) is 2.73. The Morgan fingerprint density at radius 3 is 2.64 bits per heavy atom. The van der Waals surface area contributed by atoms with Crippen molar-refractivity contribution >= 4 is 11.7 Å². The van der Waals surface area contributed by atoms with Gasteiger partial charge in [-0.1, -0.05) is 20.3 Å². The number of Topliss-reactive ketones (excluding diaryl/α,β-unsaturated/α-hetero) is 1. The van der Waals surface area contributed by atoms with E-state index in [1.54, 1.807) is 0 Å². The van der Waals surface area contributed by atoms with Gasteiger partial charge in [0.25, 0.3) is 0 Å². The van der Waals surface area contributed by atoms with Crippen molar-refractivity contribution in [1.82, 2.24) is 5.32 Å². The minimum atomic E-state index is -0.0535. The van der Waals surface area contributed by atoms with Crippen LogP contribution in [0.5, 0.6) is 0 Å². The lowest BCUT2D eigenvalue weighted by Gasteiger charge is -2.47. The second kappa shape index (κ2) is 5.98. The van der Waals surface area contributed by atoms with E-state index >= 15 is 0 Å². The molecule has 0 spiro atoms. The van der Waals surface area contributed by atoms with Gasteiger partial charge in [0.15, 0.2) is 0 Å². The summed E-state index contributed by atoms with van der Waals surface area (Å²) in [6.07, 6.45) is 10.7. The van der Waals surface area contributed by atoms with E-state index in [-0.39, 0.29) is 16.7 Å². The van der Waals surface area contributed by atoms with Gasteiger partial charge < -0.3 is 5.32 Å². The smallest absolute Gasteiger partial charge is 0.220 e. The molecule has 0 radical (unpaired) electrons. The van der Waals surface area contributed by atoms with Crippen molar-refractivity contribution in [3.63, 3.8) is 0 Å². The zero-order valence-electron chi connectivity index (χ0n) is 14.2. The number of hydrogen-bond acceptors (Lipinski definition) is 2. The first-order valence-corrected chi connectivity index (χ1v) is 9.24. The van der Waals surface area contributed by atoms with Crippen molar-refractivity contribution < 1.29 is 9.59 Å². The maximum atomic E-state index is 12.2. The summed E-state index contributed by atoms with van der Waals surface area (Å²) in [4.78, 5) is 24.0. The molecule has 3 nitrogen and oxygen atoms in total. The van der Waals surface area contributed by atoms with Crippen LogP contribution in [0.4, 0.5) is 0 Å². The van der Waals surface area contributed by atoms with Crippen molar-refractivity contribution in [3.8, 4) is 0 Å². The lowest BCUT2D eigenvalue weighted by Crippen LogP contribution is -2.42. The molecule has 1 saturated heterocycles. The van der Waals surface area contributed by atoms with Gasteiger partial charge in [-0.15, -0.1) is 0 Å². The molecule has 4 atom stereocenters. The van der Waals surface area contributed by atoms with Crippen LogP contribution in [0.1, 0.15) is 78.1 Å². The number of nitrogens with one attached hydrogen (secondary N) is 1. The maximum absolute atomic E-state index is 12.2. The van der Waals surface area contributed by atoms with Crippen molar-refractivity contribution in [3.05, 3.63) is 0 Å². The molecule has 1 aliphatic heterocycles. The first-order valence-electron chi connectivity index (χ1n) is 9.24. The van der Waals surface area contributed by atoms with Crippen LogP contribution in [0.2, 0.25) is 0 Å². The molecule has 0 bridgehead atoms. The molecule has 3 heteroatoms. The molecule has 22 heavy (non-hydrogen) atoms. The Morgan fingerprint density at radius 2 is 1.91 bits per heavy atom. The predicted molar refractivity (Wildman–Crippen MR) is 87.4 cm³/mol. The molecule has 3 aliphatic rings. The average molecular weight is 305 g/mol. The minimum Gasteiger partial charge on any atom is -0.356 e. The van der Waals surface area contributed by atoms with E-state index < -0.39 is 0 Å². The Kier molecular flexibility index (Phi) is 4.35. The molecular formula is C19H31NO2. The number of hydrogen-bond donors (Lipinski definition) is 1. The standard InChI is InChI=1S/C19H31NO2/c1-18(10-4-7-16(18)21)11-8-14-5-3-6-15-13-20-17(22)9-12-19(14,15)2/h14-15H,3-13H2,1-2H3,(H,20,22). The molecule has 1 heterocycles. The lowest BCUT2D eigenvalue weighted by atomic mass is 9.57. The molecule has 1 amide bonds. The van der Waals surface area contributed by atoms with Gasteiger partial charge in [-0.2, -0.15) is 0 Å². The van der Waals surface area contributed by atoms with E-state index in [0.717, 1.165) is 38.6 Å². The van der Waals surface area contributed by atoms with E-state index in [9.17, 15) is 9.59 Å².